The van der Waals surface area contributed by atoms with Crippen molar-refractivity contribution in [2.24, 2.45) is 0 Å². The van der Waals surface area contributed by atoms with Crippen LogP contribution in [-0.4, -0.2) is 63.4 Å². The van der Waals surface area contributed by atoms with E-state index in [4.69, 9.17) is 19.6 Å². The van der Waals surface area contributed by atoms with Crippen molar-refractivity contribution in [3.05, 3.63) is 48.9 Å². The quantitative estimate of drug-likeness (QED) is 0.667. The minimum atomic E-state index is -0.250. The maximum absolute atomic E-state index is 8.36. The lowest BCUT2D eigenvalue weighted by Gasteiger charge is -2.39. The normalized spacial score (nSPS) is 18.7. The number of pyridine rings is 1. The van der Waals surface area contributed by atoms with Gasteiger partial charge < -0.3 is 19.3 Å². The predicted molar refractivity (Wildman–Crippen MR) is 115 cm³/mol. The molecule has 0 atom stereocenters. The van der Waals surface area contributed by atoms with Crippen molar-refractivity contribution in [2.45, 2.75) is 37.8 Å². The SMILES string of the molecule is O=CO.c1cc(-c2nccn2C2CCN(C3CCOCC3)CC2)c2cccnc2c1. The molecule has 2 saturated heterocycles. The van der Waals surface area contributed by atoms with E-state index in [0.717, 1.165) is 24.6 Å². The van der Waals surface area contributed by atoms with Crippen LogP contribution >= 0.6 is 0 Å². The van der Waals surface area contributed by atoms with Gasteiger partial charge in [-0.2, -0.15) is 0 Å². The van der Waals surface area contributed by atoms with Gasteiger partial charge in [0.15, 0.2) is 0 Å². The van der Waals surface area contributed by atoms with Crippen LogP contribution in [0.3, 0.4) is 0 Å². The van der Waals surface area contributed by atoms with Gasteiger partial charge in [0.2, 0.25) is 0 Å². The average molecular weight is 409 g/mol. The summed E-state index contributed by atoms with van der Waals surface area (Å²) >= 11 is 0. The van der Waals surface area contributed by atoms with E-state index < -0.39 is 0 Å². The minimum Gasteiger partial charge on any atom is -0.483 e. The van der Waals surface area contributed by atoms with Crippen LogP contribution in [0.15, 0.2) is 48.9 Å². The van der Waals surface area contributed by atoms with Gasteiger partial charge in [-0.3, -0.25) is 9.78 Å². The molecule has 2 aromatic heterocycles. The number of carbonyl (C=O) groups is 1. The third-order valence-corrected chi connectivity index (χ3v) is 6.15. The minimum absolute atomic E-state index is 0.250. The Morgan fingerprint density at radius 2 is 1.73 bits per heavy atom. The third-order valence-electron chi connectivity index (χ3n) is 6.15. The van der Waals surface area contributed by atoms with Crippen LogP contribution in [0.4, 0.5) is 0 Å². The van der Waals surface area contributed by atoms with Gasteiger partial charge in [-0.1, -0.05) is 18.2 Å². The summed E-state index contributed by atoms with van der Waals surface area (Å²) in [5.41, 5.74) is 2.20. The van der Waals surface area contributed by atoms with E-state index in [-0.39, 0.29) is 6.47 Å². The van der Waals surface area contributed by atoms with Gasteiger partial charge in [0, 0.05) is 67.9 Å². The summed E-state index contributed by atoms with van der Waals surface area (Å²) in [6, 6.07) is 11.7. The van der Waals surface area contributed by atoms with Crippen molar-refractivity contribution < 1.29 is 14.6 Å². The molecule has 7 heteroatoms. The molecule has 3 aromatic rings. The van der Waals surface area contributed by atoms with E-state index in [0.29, 0.717) is 12.1 Å². The predicted octanol–water partition coefficient (Wildman–Crippen LogP) is 3.62. The summed E-state index contributed by atoms with van der Waals surface area (Å²) in [6.45, 7) is 3.94. The topological polar surface area (TPSA) is 80.5 Å². The lowest BCUT2D eigenvalue weighted by molar-refractivity contribution is -0.122. The molecule has 2 fully saturated rings. The average Bonchev–Trinajstić information content (AvgIpc) is 3.30. The van der Waals surface area contributed by atoms with E-state index in [1.54, 1.807) is 0 Å². The molecule has 158 valence electrons. The summed E-state index contributed by atoms with van der Waals surface area (Å²) in [4.78, 5) is 20.3. The second-order valence-electron chi connectivity index (χ2n) is 7.75. The highest BCUT2D eigenvalue weighted by Gasteiger charge is 2.28. The maximum Gasteiger partial charge on any atom is 0.290 e. The second-order valence-corrected chi connectivity index (χ2v) is 7.75. The van der Waals surface area contributed by atoms with Crippen molar-refractivity contribution in [2.75, 3.05) is 26.3 Å². The number of aromatic nitrogens is 3. The maximum atomic E-state index is 8.36. The Kier molecular flexibility index (Phi) is 6.71. The summed E-state index contributed by atoms with van der Waals surface area (Å²) in [5, 5.41) is 8.06. The van der Waals surface area contributed by atoms with Crippen LogP contribution in [0.25, 0.3) is 22.3 Å². The lowest BCUT2D eigenvalue weighted by Crippen LogP contribution is -2.44. The summed E-state index contributed by atoms with van der Waals surface area (Å²) in [7, 11) is 0. The number of imidazole rings is 1. The summed E-state index contributed by atoms with van der Waals surface area (Å²) in [5.74, 6) is 1.07. The Morgan fingerprint density at radius 3 is 2.50 bits per heavy atom. The van der Waals surface area contributed by atoms with Crippen LogP contribution < -0.4 is 0 Å². The number of benzene rings is 1. The van der Waals surface area contributed by atoms with Crippen molar-refractivity contribution in [1.82, 2.24) is 19.4 Å². The largest absolute Gasteiger partial charge is 0.483 e. The number of ether oxygens (including phenoxy) is 1. The second kappa shape index (κ2) is 9.82. The molecule has 30 heavy (non-hydrogen) atoms. The Morgan fingerprint density at radius 1 is 0.967 bits per heavy atom. The highest BCUT2D eigenvalue weighted by atomic mass is 16.5. The number of rotatable bonds is 3. The van der Waals surface area contributed by atoms with Gasteiger partial charge in [0.1, 0.15) is 5.82 Å². The highest BCUT2D eigenvalue weighted by molar-refractivity contribution is 5.92. The highest BCUT2D eigenvalue weighted by Crippen LogP contribution is 2.32. The molecule has 0 radical (unpaired) electrons. The number of likely N-dealkylation sites (tertiary alicyclic amines) is 1. The van der Waals surface area contributed by atoms with Crippen molar-refractivity contribution in [3.8, 4) is 11.4 Å². The molecule has 2 aliphatic rings. The molecule has 1 aromatic carbocycles. The van der Waals surface area contributed by atoms with Crippen LogP contribution in [-0.2, 0) is 9.53 Å². The lowest BCUT2D eigenvalue weighted by atomic mass is 9.99. The molecule has 0 saturated carbocycles. The molecule has 7 nitrogen and oxygen atoms in total. The number of hydrogen-bond donors (Lipinski definition) is 1. The molecule has 0 unspecified atom stereocenters. The third kappa shape index (κ3) is 4.37. The van der Waals surface area contributed by atoms with E-state index in [2.05, 4.69) is 44.9 Å². The Balaban J connectivity index is 0.000000687. The molecular formula is C23H28N4O3. The monoisotopic (exact) mass is 408 g/mol. The molecule has 2 aliphatic heterocycles. The molecule has 0 aliphatic carbocycles. The summed E-state index contributed by atoms with van der Waals surface area (Å²) in [6.07, 6.45) is 10.7. The molecule has 5 rings (SSSR count). The fraction of sp³-hybridized carbons (Fsp3) is 0.435. The zero-order valence-corrected chi connectivity index (χ0v) is 17.1. The first kappa shape index (κ1) is 20.5. The number of fused-ring (bicyclic) bond motifs is 1. The molecule has 1 N–H and O–H groups in total. The fourth-order valence-electron chi connectivity index (χ4n) is 4.69. The van der Waals surface area contributed by atoms with Crippen LogP contribution in [0.5, 0.6) is 0 Å². The van der Waals surface area contributed by atoms with E-state index in [1.165, 1.54) is 49.7 Å². The first-order valence-electron chi connectivity index (χ1n) is 10.6. The first-order chi connectivity index (χ1) is 14.8. The van der Waals surface area contributed by atoms with Gasteiger partial charge >= 0.3 is 0 Å². The zero-order chi connectivity index (χ0) is 20.8. The Bertz CT molecular complexity index is 954. The van der Waals surface area contributed by atoms with E-state index in [1.807, 2.05) is 18.5 Å². The summed E-state index contributed by atoms with van der Waals surface area (Å²) < 4.78 is 7.92. The number of piperidine rings is 1. The molecule has 0 spiro atoms. The molecule has 0 amide bonds. The van der Waals surface area contributed by atoms with E-state index >= 15 is 0 Å². The van der Waals surface area contributed by atoms with Gasteiger partial charge in [0.05, 0.1) is 5.52 Å². The zero-order valence-electron chi connectivity index (χ0n) is 17.1. The fourth-order valence-corrected chi connectivity index (χ4v) is 4.69. The van der Waals surface area contributed by atoms with Crippen LogP contribution in [0.2, 0.25) is 0 Å². The van der Waals surface area contributed by atoms with Gasteiger partial charge in [-0.25, -0.2) is 4.98 Å². The van der Waals surface area contributed by atoms with Gasteiger partial charge in [-0.15, -0.1) is 0 Å². The van der Waals surface area contributed by atoms with Gasteiger partial charge in [-0.05, 0) is 37.8 Å². The van der Waals surface area contributed by atoms with Crippen LogP contribution in [0, 0.1) is 0 Å². The van der Waals surface area contributed by atoms with Crippen molar-refractivity contribution in [3.63, 3.8) is 0 Å². The number of hydrogen-bond acceptors (Lipinski definition) is 5. The number of carboxylic acid groups (broad SMARTS) is 1. The standard InChI is InChI=1S/C22H26N4O.CH2O2/c1-3-20(19-4-2-10-23-21(19)5-1)22-24-11-14-26(22)18-6-12-25(13-7-18)17-8-15-27-16-9-17;2-1-3/h1-5,10-11,14,17-18H,6-9,12-13,15-16H2;1H,(H,2,3). The van der Waals surface area contributed by atoms with Crippen molar-refractivity contribution >= 4 is 17.4 Å². The number of nitrogens with zero attached hydrogens (tertiary/aromatic N) is 4. The smallest absolute Gasteiger partial charge is 0.290 e. The van der Waals surface area contributed by atoms with Crippen molar-refractivity contribution in [1.29, 1.82) is 0 Å². The Labute approximate surface area is 176 Å². The Hall–Kier alpha value is -2.77. The van der Waals surface area contributed by atoms with Crippen LogP contribution in [0.1, 0.15) is 31.7 Å². The van der Waals surface area contributed by atoms with Gasteiger partial charge in [0.25, 0.3) is 6.47 Å². The first-order valence-corrected chi connectivity index (χ1v) is 10.6. The molecule has 4 heterocycles. The molecule has 0 bridgehead atoms. The molecular weight excluding hydrogens is 380 g/mol. The van der Waals surface area contributed by atoms with E-state index in [9.17, 15) is 0 Å².